The van der Waals surface area contributed by atoms with Crippen molar-refractivity contribution < 1.29 is 28.2 Å². The predicted molar refractivity (Wildman–Crippen MR) is 59.5 cm³/mol. The molecule has 0 aliphatic heterocycles. The maximum absolute atomic E-state index is 12.8. The van der Waals surface area contributed by atoms with Gasteiger partial charge >= 0.3 is 5.97 Å². The van der Waals surface area contributed by atoms with Crippen LogP contribution in [0.15, 0.2) is 18.2 Å². The molecule has 0 fully saturated rings. The number of aliphatic carboxylic acids is 1. The topological polar surface area (TPSA) is 55.8 Å². The molecule has 0 radical (unpaired) electrons. The molecule has 0 saturated carbocycles. The summed E-state index contributed by atoms with van der Waals surface area (Å²) >= 11 is 0. The molecule has 0 spiro atoms. The fourth-order valence-corrected chi connectivity index (χ4v) is 1.33. The molecular weight excluding hydrogens is 246 g/mol. The quantitative estimate of drug-likeness (QED) is 0.816. The highest BCUT2D eigenvalue weighted by Crippen LogP contribution is 2.15. The highest BCUT2D eigenvalue weighted by molar-refractivity contribution is 5.72. The molecule has 0 saturated heterocycles. The number of hydrogen-bond acceptors (Lipinski definition) is 3. The minimum absolute atomic E-state index is 0.0437. The molecule has 0 bridgehead atoms. The van der Waals surface area contributed by atoms with Crippen molar-refractivity contribution in [2.24, 2.45) is 0 Å². The van der Waals surface area contributed by atoms with E-state index in [2.05, 4.69) is 0 Å². The molecular formula is C12H14F2O4. The normalized spacial score (nSPS) is 12.2. The van der Waals surface area contributed by atoms with Gasteiger partial charge < -0.3 is 14.6 Å². The Kier molecular flexibility index (Phi) is 5.51. The van der Waals surface area contributed by atoms with Gasteiger partial charge in [0.15, 0.2) is 17.7 Å². The van der Waals surface area contributed by atoms with E-state index in [1.165, 1.54) is 6.07 Å². The van der Waals surface area contributed by atoms with Gasteiger partial charge in [0.25, 0.3) is 0 Å². The molecule has 1 aromatic rings. The van der Waals surface area contributed by atoms with Gasteiger partial charge in [-0.1, -0.05) is 0 Å². The lowest BCUT2D eigenvalue weighted by atomic mass is 10.2. The van der Waals surface area contributed by atoms with E-state index >= 15 is 0 Å². The van der Waals surface area contributed by atoms with Crippen LogP contribution in [0.25, 0.3) is 0 Å². The van der Waals surface area contributed by atoms with Crippen molar-refractivity contribution >= 4 is 5.97 Å². The molecule has 0 amide bonds. The summed E-state index contributed by atoms with van der Waals surface area (Å²) in [6.45, 7) is 2.01. The zero-order chi connectivity index (χ0) is 13.5. The van der Waals surface area contributed by atoms with Crippen LogP contribution in [0.5, 0.6) is 5.75 Å². The molecule has 1 aromatic carbocycles. The smallest absolute Gasteiger partial charge is 0.332 e. The highest BCUT2D eigenvalue weighted by atomic mass is 19.2. The van der Waals surface area contributed by atoms with Crippen molar-refractivity contribution in [2.45, 2.75) is 19.4 Å². The van der Waals surface area contributed by atoms with Gasteiger partial charge in [-0.15, -0.1) is 0 Å². The van der Waals surface area contributed by atoms with E-state index < -0.39 is 23.7 Å². The second kappa shape index (κ2) is 6.90. The van der Waals surface area contributed by atoms with Gasteiger partial charge in [0, 0.05) is 19.1 Å². The zero-order valence-electron chi connectivity index (χ0n) is 9.86. The maximum Gasteiger partial charge on any atom is 0.332 e. The number of hydrogen-bond donors (Lipinski definition) is 1. The van der Waals surface area contributed by atoms with Crippen molar-refractivity contribution in [2.75, 3.05) is 13.2 Å². The van der Waals surface area contributed by atoms with Gasteiger partial charge in [-0.05, 0) is 19.1 Å². The molecule has 0 aliphatic rings. The molecule has 0 aliphatic carbocycles. The third-order valence-electron chi connectivity index (χ3n) is 2.18. The minimum Gasteiger partial charge on any atom is -0.493 e. The molecule has 1 unspecified atom stereocenters. The number of carboxylic acids is 1. The Morgan fingerprint density at radius 2 is 2.11 bits per heavy atom. The first-order valence-electron chi connectivity index (χ1n) is 5.46. The third-order valence-corrected chi connectivity index (χ3v) is 2.18. The Hall–Kier alpha value is -1.69. The number of halogens is 2. The number of rotatable bonds is 7. The van der Waals surface area contributed by atoms with Crippen LogP contribution in [-0.4, -0.2) is 30.4 Å². The Bertz CT molecular complexity index is 409. The highest BCUT2D eigenvalue weighted by Gasteiger charge is 2.17. The van der Waals surface area contributed by atoms with Crippen molar-refractivity contribution in [3.8, 4) is 5.75 Å². The fraction of sp³-hybridized carbons (Fsp3) is 0.417. The van der Waals surface area contributed by atoms with Crippen LogP contribution in [0.4, 0.5) is 8.78 Å². The largest absolute Gasteiger partial charge is 0.493 e. The Balaban J connectivity index is 2.44. The van der Waals surface area contributed by atoms with Gasteiger partial charge in [0.1, 0.15) is 5.75 Å². The van der Waals surface area contributed by atoms with Gasteiger partial charge in [-0.2, -0.15) is 0 Å². The summed E-state index contributed by atoms with van der Waals surface area (Å²) < 4.78 is 35.6. The summed E-state index contributed by atoms with van der Waals surface area (Å²) in [6.07, 6.45) is -0.831. The summed E-state index contributed by atoms with van der Waals surface area (Å²) in [6, 6.07) is 3.13. The summed E-state index contributed by atoms with van der Waals surface area (Å²) in [4.78, 5) is 10.7. The monoisotopic (exact) mass is 260 g/mol. The summed E-state index contributed by atoms with van der Waals surface area (Å²) in [7, 11) is 0. The van der Waals surface area contributed by atoms with Crippen molar-refractivity contribution in [3.05, 3.63) is 29.8 Å². The molecule has 0 aromatic heterocycles. The lowest BCUT2D eigenvalue weighted by Gasteiger charge is -2.13. The van der Waals surface area contributed by atoms with E-state index in [9.17, 15) is 13.6 Å². The number of ether oxygens (including phenoxy) is 2. The van der Waals surface area contributed by atoms with Crippen molar-refractivity contribution in [3.63, 3.8) is 0 Å². The number of benzene rings is 1. The van der Waals surface area contributed by atoms with Crippen LogP contribution < -0.4 is 4.74 Å². The third kappa shape index (κ3) is 4.29. The van der Waals surface area contributed by atoms with Crippen LogP contribution in [0.3, 0.4) is 0 Å². The molecule has 4 nitrogen and oxygen atoms in total. The average molecular weight is 260 g/mol. The van der Waals surface area contributed by atoms with E-state index in [1.807, 2.05) is 0 Å². The SMILES string of the molecule is CCOC(CCOc1ccc(F)c(F)c1)C(=O)O. The van der Waals surface area contributed by atoms with Gasteiger partial charge in [0.05, 0.1) is 6.61 Å². The summed E-state index contributed by atoms with van der Waals surface area (Å²) in [5, 5.41) is 8.79. The molecule has 6 heteroatoms. The first-order chi connectivity index (χ1) is 8.54. The van der Waals surface area contributed by atoms with Crippen molar-refractivity contribution in [1.29, 1.82) is 0 Å². The van der Waals surface area contributed by atoms with E-state index in [1.54, 1.807) is 6.92 Å². The summed E-state index contributed by atoms with van der Waals surface area (Å²) in [5.74, 6) is -2.90. The van der Waals surface area contributed by atoms with E-state index in [4.69, 9.17) is 14.6 Å². The lowest BCUT2D eigenvalue weighted by molar-refractivity contribution is -0.150. The average Bonchev–Trinajstić information content (AvgIpc) is 2.32. The minimum atomic E-state index is -1.08. The molecule has 18 heavy (non-hydrogen) atoms. The Morgan fingerprint density at radius 3 is 2.67 bits per heavy atom. The fourth-order valence-electron chi connectivity index (χ4n) is 1.33. The first-order valence-corrected chi connectivity index (χ1v) is 5.46. The Morgan fingerprint density at radius 1 is 1.39 bits per heavy atom. The second-order valence-electron chi connectivity index (χ2n) is 3.50. The van der Waals surface area contributed by atoms with Crippen LogP contribution in [-0.2, 0) is 9.53 Å². The van der Waals surface area contributed by atoms with E-state index in [-0.39, 0.29) is 25.4 Å². The number of carboxylic acid groups (broad SMARTS) is 1. The Labute approximate surface area is 103 Å². The van der Waals surface area contributed by atoms with E-state index in [0.29, 0.717) is 0 Å². The number of carbonyl (C=O) groups is 1. The standard InChI is InChI=1S/C12H14F2O4/c1-2-17-11(12(15)16)5-6-18-8-3-4-9(13)10(14)7-8/h3-4,7,11H,2,5-6H2,1H3,(H,15,16). The second-order valence-corrected chi connectivity index (χ2v) is 3.50. The van der Waals surface area contributed by atoms with Crippen LogP contribution >= 0.6 is 0 Å². The molecule has 0 heterocycles. The molecule has 1 atom stereocenters. The van der Waals surface area contributed by atoms with Crippen LogP contribution in [0, 0.1) is 11.6 Å². The van der Waals surface area contributed by atoms with Gasteiger partial charge in [0.2, 0.25) is 0 Å². The predicted octanol–water partition coefficient (Wildman–Crippen LogP) is 2.22. The van der Waals surface area contributed by atoms with Crippen molar-refractivity contribution in [1.82, 2.24) is 0 Å². The van der Waals surface area contributed by atoms with Gasteiger partial charge in [-0.25, -0.2) is 13.6 Å². The van der Waals surface area contributed by atoms with Gasteiger partial charge in [-0.3, -0.25) is 0 Å². The van der Waals surface area contributed by atoms with E-state index in [0.717, 1.165) is 12.1 Å². The van der Waals surface area contributed by atoms with Crippen LogP contribution in [0.1, 0.15) is 13.3 Å². The molecule has 1 rings (SSSR count). The van der Waals surface area contributed by atoms with Crippen LogP contribution in [0.2, 0.25) is 0 Å². The first kappa shape index (κ1) is 14.4. The molecule has 1 N–H and O–H groups in total. The zero-order valence-corrected chi connectivity index (χ0v) is 9.86. The summed E-state index contributed by atoms with van der Waals surface area (Å²) in [5.41, 5.74) is 0. The maximum atomic E-state index is 12.8. The lowest BCUT2D eigenvalue weighted by Crippen LogP contribution is -2.26. The molecule has 100 valence electrons.